The second-order valence-electron chi connectivity index (χ2n) is 9.00. The molecule has 1 aliphatic heterocycles. The molecular formula is C24H25BO2. The molecule has 0 N–H and O–H groups in total. The third kappa shape index (κ3) is 2.22. The van der Waals surface area contributed by atoms with Gasteiger partial charge < -0.3 is 9.31 Å². The predicted molar refractivity (Wildman–Crippen MR) is 115 cm³/mol. The summed E-state index contributed by atoms with van der Waals surface area (Å²) in [5.41, 5.74) is 3.10. The zero-order valence-corrected chi connectivity index (χ0v) is 16.9. The minimum absolute atomic E-state index is 0.338. The summed E-state index contributed by atoms with van der Waals surface area (Å²) in [5.74, 6) is 0. The largest absolute Gasteiger partial charge is 0.495 e. The fourth-order valence-corrected chi connectivity index (χ4v) is 4.48. The van der Waals surface area contributed by atoms with E-state index in [9.17, 15) is 0 Å². The first-order valence-corrected chi connectivity index (χ1v) is 9.73. The van der Waals surface area contributed by atoms with E-state index < -0.39 is 0 Å². The van der Waals surface area contributed by atoms with Gasteiger partial charge in [-0.3, -0.25) is 0 Å². The fraction of sp³-hybridized carbons (Fsp3) is 0.333. The van der Waals surface area contributed by atoms with Crippen LogP contribution in [0.15, 0.2) is 42.5 Å². The topological polar surface area (TPSA) is 18.5 Å². The Bertz CT molecular complexity index is 1170. The van der Waals surface area contributed by atoms with Crippen molar-refractivity contribution < 1.29 is 9.31 Å². The molecule has 1 heterocycles. The summed E-state index contributed by atoms with van der Waals surface area (Å²) in [6, 6.07) is 15.7. The van der Waals surface area contributed by atoms with E-state index in [4.69, 9.17) is 9.31 Å². The Kier molecular flexibility index (Phi) is 3.31. The lowest BCUT2D eigenvalue weighted by Crippen LogP contribution is -2.41. The van der Waals surface area contributed by atoms with Crippen LogP contribution >= 0.6 is 0 Å². The smallest absolute Gasteiger partial charge is 0.399 e. The first kappa shape index (κ1) is 17.0. The lowest BCUT2D eigenvalue weighted by atomic mass is 9.74. The van der Waals surface area contributed by atoms with Crippen LogP contribution in [0.1, 0.15) is 38.8 Å². The van der Waals surface area contributed by atoms with E-state index in [0.717, 1.165) is 5.46 Å². The van der Waals surface area contributed by atoms with Gasteiger partial charge in [0.1, 0.15) is 0 Å². The van der Waals surface area contributed by atoms with E-state index in [2.05, 4.69) is 84.0 Å². The molecule has 27 heavy (non-hydrogen) atoms. The molecule has 5 rings (SSSR count). The van der Waals surface area contributed by atoms with E-state index in [-0.39, 0.29) is 18.3 Å². The van der Waals surface area contributed by atoms with E-state index in [0.29, 0.717) is 0 Å². The molecule has 136 valence electrons. The fourth-order valence-electron chi connectivity index (χ4n) is 4.48. The minimum atomic E-state index is -0.346. The number of benzene rings is 4. The van der Waals surface area contributed by atoms with Crippen molar-refractivity contribution >= 4 is 44.9 Å². The van der Waals surface area contributed by atoms with Gasteiger partial charge in [-0.1, -0.05) is 42.5 Å². The van der Waals surface area contributed by atoms with Gasteiger partial charge in [0.15, 0.2) is 0 Å². The average Bonchev–Trinajstić information content (AvgIpc) is 2.82. The van der Waals surface area contributed by atoms with Crippen molar-refractivity contribution in [3.05, 3.63) is 53.6 Å². The molecule has 1 aliphatic rings. The summed E-state index contributed by atoms with van der Waals surface area (Å²) >= 11 is 0. The molecule has 0 amide bonds. The molecule has 0 aromatic heterocycles. The number of hydrogen-bond acceptors (Lipinski definition) is 2. The standard InChI is InChI=1S/C24H25BO2/c1-14-13-15(2)18-10-11-19-20(25-26-23(3,4)24(5,6)27-25)12-8-16-7-9-17(14)22(18)21(16)19/h7-13H,1-6H3. The molecule has 1 fully saturated rings. The molecular weight excluding hydrogens is 331 g/mol. The van der Waals surface area contributed by atoms with Crippen LogP contribution in [0.3, 0.4) is 0 Å². The number of rotatable bonds is 1. The Morgan fingerprint density at radius 2 is 1.19 bits per heavy atom. The van der Waals surface area contributed by atoms with E-state index in [1.54, 1.807) is 0 Å². The van der Waals surface area contributed by atoms with Crippen LogP contribution in [0, 0.1) is 13.8 Å². The predicted octanol–water partition coefficient (Wildman–Crippen LogP) is 5.50. The van der Waals surface area contributed by atoms with Gasteiger partial charge in [0, 0.05) is 0 Å². The van der Waals surface area contributed by atoms with Crippen molar-refractivity contribution in [2.75, 3.05) is 0 Å². The number of hydrogen-bond donors (Lipinski definition) is 0. The van der Waals surface area contributed by atoms with Gasteiger partial charge in [-0.15, -0.1) is 0 Å². The summed E-state index contributed by atoms with van der Waals surface area (Å²) in [7, 11) is -0.346. The van der Waals surface area contributed by atoms with Gasteiger partial charge in [-0.05, 0) is 90.4 Å². The maximum absolute atomic E-state index is 6.37. The van der Waals surface area contributed by atoms with Crippen LogP contribution in [0.5, 0.6) is 0 Å². The normalized spacial score (nSPS) is 19.0. The molecule has 0 bridgehead atoms. The molecule has 0 radical (unpaired) electrons. The Balaban J connectivity index is 1.84. The molecule has 4 aromatic rings. The second-order valence-corrected chi connectivity index (χ2v) is 9.00. The first-order chi connectivity index (χ1) is 12.7. The summed E-state index contributed by atoms with van der Waals surface area (Å²) < 4.78 is 12.7. The SMILES string of the molecule is Cc1cc(C)c2ccc3c(B4OC(C)(C)C(C)(C)O4)ccc4ccc1c2c43. The van der Waals surface area contributed by atoms with Crippen molar-refractivity contribution in [2.45, 2.75) is 52.7 Å². The van der Waals surface area contributed by atoms with Gasteiger partial charge in [-0.25, -0.2) is 0 Å². The molecule has 0 atom stereocenters. The molecule has 0 unspecified atom stereocenters. The maximum Gasteiger partial charge on any atom is 0.495 e. The highest BCUT2D eigenvalue weighted by atomic mass is 16.7. The zero-order valence-electron chi connectivity index (χ0n) is 16.9. The van der Waals surface area contributed by atoms with Gasteiger partial charge in [0.25, 0.3) is 0 Å². The summed E-state index contributed by atoms with van der Waals surface area (Å²) in [4.78, 5) is 0. The molecule has 0 spiro atoms. The van der Waals surface area contributed by atoms with Crippen LogP contribution in [-0.4, -0.2) is 18.3 Å². The van der Waals surface area contributed by atoms with Crippen LogP contribution in [0.4, 0.5) is 0 Å². The highest BCUT2D eigenvalue weighted by Crippen LogP contribution is 2.40. The third-order valence-electron chi connectivity index (χ3n) is 6.74. The van der Waals surface area contributed by atoms with E-state index in [1.807, 2.05) is 0 Å². The van der Waals surface area contributed by atoms with Crippen molar-refractivity contribution in [3.8, 4) is 0 Å². The summed E-state index contributed by atoms with van der Waals surface area (Å²) in [6.07, 6.45) is 0. The second kappa shape index (κ2) is 5.24. The minimum Gasteiger partial charge on any atom is -0.399 e. The molecule has 2 nitrogen and oxygen atoms in total. The van der Waals surface area contributed by atoms with Crippen molar-refractivity contribution in [2.24, 2.45) is 0 Å². The van der Waals surface area contributed by atoms with Gasteiger partial charge in [0.2, 0.25) is 0 Å². The van der Waals surface area contributed by atoms with Gasteiger partial charge in [-0.2, -0.15) is 0 Å². The van der Waals surface area contributed by atoms with Crippen LogP contribution in [0.2, 0.25) is 0 Å². The van der Waals surface area contributed by atoms with Gasteiger partial charge in [0.05, 0.1) is 11.2 Å². The third-order valence-corrected chi connectivity index (χ3v) is 6.74. The molecule has 0 aliphatic carbocycles. The summed E-state index contributed by atoms with van der Waals surface area (Å²) in [5, 5.41) is 7.85. The Labute approximate surface area is 160 Å². The monoisotopic (exact) mass is 356 g/mol. The zero-order chi connectivity index (χ0) is 19.1. The lowest BCUT2D eigenvalue weighted by molar-refractivity contribution is 0.00578. The van der Waals surface area contributed by atoms with Gasteiger partial charge >= 0.3 is 7.12 Å². The average molecular weight is 356 g/mol. The first-order valence-electron chi connectivity index (χ1n) is 9.73. The molecule has 4 aromatic carbocycles. The number of aryl methyl sites for hydroxylation is 2. The van der Waals surface area contributed by atoms with Crippen LogP contribution < -0.4 is 5.46 Å². The Morgan fingerprint density at radius 1 is 0.667 bits per heavy atom. The molecule has 1 saturated heterocycles. The Morgan fingerprint density at radius 3 is 1.81 bits per heavy atom. The van der Waals surface area contributed by atoms with Crippen molar-refractivity contribution in [1.29, 1.82) is 0 Å². The molecule has 0 saturated carbocycles. The highest BCUT2D eigenvalue weighted by molar-refractivity contribution is 6.65. The van der Waals surface area contributed by atoms with Crippen LogP contribution in [0.25, 0.3) is 32.3 Å². The summed E-state index contributed by atoms with van der Waals surface area (Å²) in [6.45, 7) is 12.8. The highest BCUT2D eigenvalue weighted by Gasteiger charge is 2.52. The lowest BCUT2D eigenvalue weighted by Gasteiger charge is -2.32. The Hall–Kier alpha value is -2.10. The van der Waals surface area contributed by atoms with Crippen LogP contribution in [-0.2, 0) is 9.31 Å². The van der Waals surface area contributed by atoms with Crippen molar-refractivity contribution in [3.63, 3.8) is 0 Å². The molecule has 3 heteroatoms. The maximum atomic E-state index is 6.37. The van der Waals surface area contributed by atoms with Crippen molar-refractivity contribution in [1.82, 2.24) is 0 Å². The van der Waals surface area contributed by atoms with E-state index >= 15 is 0 Å². The van der Waals surface area contributed by atoms with E-state index in [1.165, 1.54) is 43.4 Å². The quantitative estimate of drug-likeness (QED) is 0.331.